The molecule has 1 aliphatic heterocycles. The van der Waals surface area contributed by atoms with Gasteiger partial charge in [-0.25, -0.2) is 0 Å². The number of likely N-dealkylation sites (tertiary alicyclic amines) is 1. The molecule has 2 aromatic rings. The molecule has 0 atom stereocenters. The molecule has 0 bridgehead atoms. The molecule has 96 valence electrons. The third-order valence-corrected chi connectivity index (χ3v) is 4.55. The highest BCUT2D eigenvalue weighted by Gasteiger charge is 2.11. The van der Waals surface area contributed by atoms with Crippen molar-refractivity contribution < 1.29 is 0 Å². The van der Waals surface area contributed by atoms with E-state index in [9.17, 15) is 0 Å². The van der Waals surface area contributed by atoms with Crippen molar-refractivity contribution in [2.45, 2.75) is 26.3 Å². The Hall–Kier alpha value is -1.13. The second-order valence-electron chi connectivity index (χ2n) is 4.95. The Kier molecular flexibility index (Phi) is 3.48. The van der Waals surface area contributed by atoms with Gasteiger partial charge in [0.25, 0.3) is 0 Å². The molecule has 1 aliphatic rings. The van der Waals surface area contributed by atoms with Crippen molar-refractivity contribution in [2.75, 3.05) is 19.6 Å². The highest BCUT2D eigenvalue weighted by atomic mass is 32.1. The van der Waals surface area contributed by atoms with Gasteiger partial charge in [0.15, 0.2) is 0 Å². The number of hydrogen-bond donors (Lipinski definition) is 0. The summed E-state index contributed by atoms with van der Waals surface area (Å²) in [6, 6.07) is 4.35. The van der Waals surface area contributed by atoms with Gasteiger partial charge in [-0.15, -0.1) is 11.3 Å². The van der Waals surface area contributed by atoms with Gasteiger partial charge < -0.3 is 4.90 Å². The Morgan fingerprint density at radius 3 is 2.78 bits per heavy atom. The average molecular weight is 261 g/mol. The van der Waals surface area contributed by atoms with Gasteiger partial charge >= 0.3 is 0 Å². The van der Waals surface area contributed by atoms with Crippen LogP contribution in [0.4, 0.5) is 0 Å². The van der Waals surface area contributed by atoms with Crippen molar-refractivity contribution in [2.24, 2.45) is 0 Å². The minimum Gasteiger partial charge on any atom is -0.301 e. The van der Waals surface area contributed by atoms with Gasteiger partial charge in [0.1, 0.15) is 0 Å². The van der Waals surface area contributed by atoms with Crippen molar-refractivity contribution in [1.29, 1.82) is 0 Å². The molecule has 0 N–H and O–H groups in total. The summed E-state index contributed by atoms with van der Waals surface area (Å²) in [7, 11) is 0. The molecule has 3 rings (SSSR count). The maximum atomic E-state index is 4.46. The summed E-state index contributed by atoms with van der Waals surface area (Å²) < 4.78 is 2.07. The fraction of sp³-hybridized carbons (Fsp3) is 0.500. The largest absolute Gasteiger partial charge is 0.301 e. The second-order valence-corrected chi connectivity index (χ2v) is 6.24. The number of hydrogen-bond acceptors (Lipinski definition) is 3. The van der Waals surface area contributed by atoms with E-state index in [2.05, 4.69) is 39.9 Å². The highest BCUT2D eigenvalue weighted by Crippen LogP contribution is 2.26. The van der Waals surface area contributed by atoms with Gasteiger partial charge in [0, 0.05) is 28.1 Å². The highest BCUT2D eigenvalue weighted by molar-refractivity contribution is 7.15. The summed E-state index contributed by atoms with van der Waals surface area (Å²) in [6.45, 7) is 6.80. The smallest absolute Gasteiger partial charge is 0.0576 e. The van der Waals surface area contributed by atoms with Crippen LogP contribution in [-0.4, -0.2) is 34.3 Å². The van der Waals surface area contributed by atoms with Gasteiger partial charge in [-0.3, -0.25) is 4.68 Å². The Bertz CT molecular complexity index is 509. The molecule has 3 nitrogen and oxygen atoms in total. The molecule has 0 amide bonds. The molecule has 0 saturated carbocycles. The first kappa shape index (κ1) is 11.9. The predicted octanol–water partition coefficient (Wildman–Crippen LogP) is 3.02. The number of rotatable bonds is 4. The lowest BCUT2D eigenvalue weighted by atomic mass is 10.3. The molecule has 1 fully saturated rings. The molecule has 0 aliphatic carbocycles. The maximum Gasteiger partial charge on any atom is 0.0576 e. The zero-order valence-electron chi connectivity index (χ0n) is 10.8. The van der Waals surface area contributed by atoms with E-state index in [1.807, 2.05) is 17.5 Å². The maximum absolute atomic E-state index is 4.46. The van der Waals surface area contributed by atoms with E-state index in [-0.39, 0.29) is 0 Å². The van der Waals surface area contributed by atoms with Crippen LogP contribution in [0.15, 0.2) is 24.5 Å². The summed E-state index contributed by atoms with van der Waals surface area (Å²) in [6.07, 6.45) is 6.87. The van der Waals surface area contributed by atoms with Crippen LogP contribution in [0.2, 0.25) is 0 Å². The Balaban J connectivity index is 1.62. The van der Waals surface area contributed by atoms with Crippen molar-refractivity contribution in [3.05, 3.63) is 29.4 Å². The van der Waals surface area contributed by atoms with E-state index >= 15 is 0 Å². The summed E-state index contributed by atoms with van der Waals surface area (Å²) >= 11 is 1.83. The van der Waals surface area contributed by atoms with E-state index in [1.165, 1.54) is 41.2 Å². The van der Waals surface area contributed by atoms with E-state index in [4.69, 9.17) is 0 Å². The van der Waals surface area contributed by atoms with Crippen molar-refractivity contribution >= 4 is 11.3 Å². The fourth-order valence-electron chi connectivity index (χ4n) is 2.45. The minimum absolute atomic E-state index is 1.00. The number of nitrogens with zero attached hydrogens (tertiary/aromatic N) is 3. The van der Waals surface area contributed by atoms with Gasteiger partial charge in [-0.05, 0) is 45.0 Å². The van der Waals surface area contributed by atoms with E-state index in [1.54, 1.807) is 0 Å². The molecule has 18 heavy (non-hydrogen) atoms. The lowest BCUT2D eigenvalue weighted by molar-refractivity contribution is 0.316. The van der Waals surface area contributed by atoms with Crippen LogP contribution in [0.1, 0.15) is 17.7 Å². The van der Waals surface area contributed by atoms with E-state index in [0.717, 1.165) is 13.1 Å². The first-order valence-corrected chi connectivity index (χ1v) is 7.44. The van der Waals surface area contributed by atoms with Gasteiger partial charge in [0.2, 0.25) is 0 Å². The average Bonchev–Trinajstić information content (AvgIpc) is 3.07. The molecule has 2 aromatic heterocycles. The van der Waals surface area contributed by atoms with Crippen molar-refractivity contribution in [3.8, 4) is 10.4 Å². The number of aromatic nitrogens is 2. The molecular weight excluding hydrogens is 242 g/mol. The SMILES string of the molecule is Cc1ccc(-c2cnn(CCN3CCCC3)c2)s1. The summed E-state index contributed by atoms with van der Waals surface area (Å²) in [4.78, 5) is 5.20. The van der Waals surface area contributed by atoms with Crippen molar-refractivity contribution in [1.82, 2.24) is 14.7 Å². The lowest BCUT2D eigenvalue weighted by Crippen LogP contribution is -2.24. The fourth-order valence-corrected chi connectivity index (χ4v) is 3.30. The second kappa shape index (κ2) is 5.24. The third-order valence-electron chi connectivity index (χ3n) is 3.50. The van der Waals surface area contributed by atoms with Gasteiger partial charge in [0.05, 0.1) is 12.7 Å². The molecular formula is C14H19N3S. The van der Waals surface area contributed by atoms with Crippen LogP contribution < -0.4 is 0 Å². The first-order valence-electron chi connectivity index (χ1n) is 6.63. The zero-order chi connectivity index (χ0) is 12.4. The van der Waals surface area contributed by atoms with Crippen LogP contribution in [0.3, 0.4) is 0 Å². The molecule has 0 unspecified atom stereocenters. The molecule has 1 saturated heterocycles. The minimum atomic E-state index is 1.00. The van der Waals surface area contributed by atoms with Crippen LogP contribution in [-0.2, 0) is 6.54 Å². The monoisotopic (exact) mass is 261 g/mol. The molecule has 0 spiro atoms. The topological polar surface area (TPSA) is 21.1 Å². The predicted molar refractivity (Wildman–Crippen MR) is 76.0 cm³/mol. The standard InChI is InChI=1S/C14H19N3S/c1-12-4-5-14(18-12)13-10-15-17(11-13)9-8-16-6-2-3-7-16/h4-5,10-11H,2-3,6-9H2,1H3. The third kappa shape index (κ3) is 2.65. The summed E-state index contributed by atoms with van der Waals surface area (Å²) in [5.41, 5.74) is 1.24. The number of thiophene rings is 1. The van der Waals surface area contributed by atoms with Crippen LogP contribution in [0.25, 0.3) is 10.4 Å². The normalized spacial score (nSPS) is 16.5. The Morgan fingerprint density at radius 1 is 1.22 bits per heavy atom. The van der Waals surface area contributed by atoms with Gasteiger partial charge in [-0.2, -0.15) is 5.10 Å². The van der Waals surface area contributed by atoms with Crippen LogP contribution >= 0.6 is 11.3 Å². The van der Waals surface area contributed by atoms with E-state index in [0.29, 0.717) is 0 Å². The van der Waals surface area contributed by atoms with Crippen LogP contribution in [0, 0.1) is 6.92 Å². The first-order chi connectivity index (χ1) is 8.81. The quantitative estimate of drug-likeness (QED) is 0.843. The summed E-state index contributed by atoms with van der Waals surface area (Å²) in [5, 5.41) is 4.46. The molecule has 0 radical (unpaired) electrons. The Morgan fingerprint density at radius 2 is 2.06 bits per heavy atom. The Labute approximate surface area is 112 Å². The van der Waals surface area contributed by atoms with Crippen LogP contribution in [0.5, 0.6) is 0 Å². The molecule has 3 heterocycles. The summed E-state index contributed by atoms with van der Waals surface area (Å²) in [5.74, 6) is 0. The van der Waals surface area contributed by atoms with Crippen molar-refractivity contribution in [3.63, 3.8) is 0 Å². The van der Waals surface area contributed by atoms with E-state index < -0.39 is 0 Å². The molecule has 0 aromatic carbocycles. The van der Waals surface area contributed by atoms with Gasteiger partial charge in [-0.1, -0.05) is 0 Å². The lowest BCUT2D eigenvalue weighted by Gasteiger charge is -2.13. The number of aryl methyl sites for hydroxylation is 1. The zero-order valence-corrected chi connectivity index (χ0v) is 11.6. The molecule has 4 heteroatoms.